The van der Waals surface area contributed by atoms with Gasteiger partial charge in [0, 0.05) is 12.4 Å². The van der Waals surface area contributed by atoms with Crippen molar-refractivity contribution in [3.05, 3.63) is 47.2 Å². The normalized spacial score (nSPS) is 12.5. The first-order chi connectivity index (χ1) is 11.2. The number of anilines is 1. The Morgan fingerprint density at radius 2 is 2.00 bits per heavy atom. The van der Waals surface area contributed by atoms with Gasteiger partial charge in [0.25, 0.3) is 21.7 Å². The van der Waals surface area contributed by atoms with Crippen molar-refractivity contribution in [2.75, 3.05) is 4.72 Å². The maximum absolute atomic E-state index is 12.8. The smallest absolute Gasteiger partial charge is 0.246 e. The van der Waals surface area contributed by atoms with Crippen molar-refractivity contribution >= 4 is 33.4 Å². The minimum atomic E-state index is -4.71. The summed E-state index contributed by atoms with van der Waals surface area (Å²) < 4.78 is 66.1. The molecule has 3 aromatic rings. The van der Waals surface area contributed by atoms with E-state index in [2.05, 4.69) is 15.1 Å². The summed E-state index contributed by atoms with van der Waals surface area (Å²) in [5.41, 5.74) is -1.14. The molecule has 0 atom stereocenters. The Morgan fingerprint density at radius 1 is 1.25 bits per heavy atom. The summed E-state index contributed by atoms with van der Waals surface area (Å²) in [5, 5.41) is 3.45. The van der Waals surface area contributed by atoms with Crippen LogP contribution in [0.15, 0.2) is 41.6 Å². The van der Waals surface area contributed by atoms with Gasteiger partial charge in [-0.15, -0.1) is 5.10 Å². The zero-order chi connectivity index (χ0) is 17.5. The molecule has 0 aliphatic heterocycles. The third kappa shape index (κ3) is 3.12. The van der Waals surface area contributed by atoms with E-state index in [1.165, 1.54) is 16.9 Å². The summed E-state index contributed by atoms with van der Waals surface area (Å²) in [6, 6.07) is 3.54. The van der Waals surface area contributed by atoms with Crippen LogP contribution in [0.5, 0.6) is 0 Å². The van der Waals surface area contributed by atoms with Crippen LogP contribution in [-0.4, -0.2) is 28.0 Å². The zero-order valence-corrected chi connectivity index (χ0v) is 13.1. The lowest BCUT2D eigenvalue weighted by Crippen LogP contribution is -2.16. The zero-order valence-electron chi connectivity index (χ0n) is 11.5. The third-order valence-corrected chi connectivity index (χ3v) is 4.70. The van der Waals surface area contributed by atoms with E-state index in [9.17, 15) is 21.6 Å². The fourth-order valence-corrected chi connectivity index (χ4v) is 3.30. The summed E-state index contributed by atoms with van der Waals surface area (Å²) >= 11 is 5.73. The Morgan fingerprint density at radius 3 is 2.67 bits per heavy atom. The number of nitrogens with zero attached hydrogens (tertiary/aromatic N) is 4. The second kappa shape index (κ2) is 5.60. The highest BCUT2D eigenvalue weighted by Crippen LogP contribution is 2.33. The number of benzene rings is 1. The van der Waals surface area contributed by atoms with Crippen molar-refractivity contribution in [3.8, 4) is 0 Å². The van der Waals surface area contributed by atoms with Crippen LogP contribution in [-0.2, 0) is 16.2 Å². The van der Waals surface area contributed by atoms with Crippen LogP contribution in [0.1, 0.15) is 5.56 Å². The van der Waals surface area contributed by atoms with Crippen LogP contribution in [0.25, 0.3) is 5.78 Å². The Balaban J connectivity index is 2.01. The number of nitrogens with one attached hydrogen (secondary N) is 1. The van der Waals surface area contributed by atoms with E-state index in [0.717, 1.165) is 6.07 Å². The second-order valence-corrected chi connectivity index (χ2v) is 6.61. The summed E-state index contributed by atoms with van der Waals surface area (Å²) in [5.74, 6) is -0.229. The lowest BCUT2D eigenvalue weighted by molar-refractivity contribution is -0.137. The van der Waals surface area contributed by atoms with Crippen molar-refractivity contribution in [3.63, 3.8) is 0 Å². The van der Waals surface area contributed by atoms with Crippen LogP contribution in [0.2, 0.25) is 5.02 Å². The topological polar surface area (TPSA) is 89.2 Å². The van der Waals surface area contributed by atoms with Gasteiger partial charge in [0.1, 0.15) is 4.90 Å². The van der Waals surface area contributed by atoms with E-state index in [1.54, 1.807) is 6.07 Å². The number of sulfonamides is 1. The van der Waals surface area contributed by atoms with Gasteiger partial charge in [0.2, 0.25) is 0 Å². The van der Waals surface area contributed by atoms with Crippen LogP contribution in [0.4, 0.5) is 19.1 Å². The fourth-order valence-electron chi connectivity index (χ4n) is 1.84. The predicted octanol–water partition coefficient (Wildman–Crippen LogP) is 2.60. The van der Waals surface area contributed by atoms with Crippen LogP contribution < -0.4 is 4.72 Å². The molecule has 0 bridgehead atoms. The number of aromatic nitrogens is 4. The van der Waals surface area contributed by atoms with Crippen molar-refractivity contribution in [2.45, 2.75) is 11.1 Å². The molecule has 0 aliphatic carbocycles. The Kier molecular flexibility index (Phi) is 3.84. The molecule has 1 aromatic carbocycles. The fraction of sp³-hybridized carbons (Fsp3) is 0.0833. The lowest BCUT2D eigenvalue weighted by atomic mass is 10.2. The first kappa shape index (κ1) is 16.5. The summed E-state index contributed by atoms with van der Waals surface area (Å²) in [7, 11) is -4.42. The highest BCUT2D eigenvalue weighted by molar-refractivity contribution is 7.92. The maximum Gasteiger partial charge on any atom is 0.416 e. The first-order valence-corrected chi connectivity index (χ1v) is 8.10. The minimum absolute atomic E-state index is 0.116. The number of rotatable bonds is 3. The van der Waals surface area contributed by atoms with Gasteiger partial charge in [-0.25, -0.2) is 22.6 Å². The van der Waals surface area contributed by atoms with Crippen molar-refractivity contribution < 1.29 is 21.6 Å². The van der Waals surface area contributed by atoms with Crippen LogP contribution in [0.3, 0.4) is 0 Å². The van der Waals surface area contributed by atoms with Crippen LogP contribution >= 0.6 is 11.6 Å². The number of hydrogen-bond acceptors (Lipinski definition) is 5. The van der Waals surface area contributed by atoms with E-state index >= 15 is 0 Å². The number of alkyl halides is 3. The maximum atomic E-state index is 12.8. The molecule has 7 nitrogen and oxygen atoms in total. The number of hydrogen-bond donors (Lipinski definition) is 1. The molecule has 0 saturated carbocycles. The van der Waals surface area contributed by atoms with Crippen molar-refractivity contribution in [1.82, 2.24) is 19.6 Å². The summed E-state index contributed by atoms with van der Waals surface area (Å²) in [4.78, 5) is 6.93. The molecule has 3 rings (SSSR count). The third-order valence-electron chi connectivity index (χ3n) is 2.89. The molecule has 2 aromatic heterocycles. The van der Waals surface area contributed by atoms with E-state index in [1.807, 2.05) is 4.72 Å². The standard InChI is InChI=1S/C12H7ClF3N5O2S/c13-8-3-2-7(12(14,15)16)6-9(8)24(22,23)20-10-18-11-17-4-1-5-21(11)19-10/h1-6H,(H,19,20). The quantitative estimate of drug-likeness (QED) is 0.757. The van der Waals surface area contributed by atoms with Crippen LogP contribution in [0, 0.1) is 0 Å². The molecular formula is C12H7ClF3N5O2S. The van der Waals surface area contributed by atoms with Gasteiger partial charge in [0.15, 0.2) is 0 Å². The van der Waals surface area contributed by atoms with E-state index in [0.29, 0.717) is 12.1 Å². The summed E-state index contributed by atoms with van der Waals surface area (Å²) in [6.45, 7) is 0. The average molecular weight is 378 g/mol. The number of halogens is 4. The average Bonchev–Trinajstić information content (AvgIpc) is 2.87. The molecule has 1 N–H and O–H groups in total. The minimum Gasteiger partial charge on any atom is -0.246 e. The Bertz CT molecular complexity index is 986. The van der Waals surface area contributed by atoms with E-state index < -0.39 is 26.7 Å². The van der Waals surface area contributed by atoms with Crippen molar-refractivity contribution in [1.29, 1.82) is 0 Å². The molecule has 2 heterocycles. The molecule has 0 fully saturated rings. The Labute approximate surface area is 138 Å². The molecule has 0 aliphatic rings. The van der Waals surface area contributed by atoms with Gasteiger partial charge in [-0.1, -0.05) is 11.6 Å². The molecule has 0 radical (unpaired) electrons. The highest BCUT2D eigenvalue weighted by Gasteiger charge is 2.33. The largest absolute Gasteiger partial charge is 0.416 e. The van der Waals surface area contributed by atoms with Crippen molar-refractivity contribution in [2.24, 2.45) is 0 Å². The van der Waals surface area contributed by atoms with Gasteiger partial charge in [-0.05, 0) is 24.3 Å². The predicted molar refractivity (Wildman–Crippen MR) is 78.0 cm³/mol. The lowest BCUT2D eigenvalue weighted by Gasteiger charge is -2.11. The molecule has 0 unspecified atom stereocenters. The first-order valence-electron chi connectivity index (χ1n) is 6.24. The molecule has 0 amide bonds. The van der Waals surface area contributed by atoms with E-state index in [4.69, 9.17) is 11.6 Å². The Hall–Kier alpha value is -2.40. The monoisotopic (exact) mass is 377 g/mol. The summed E-state index contributed by atoms with van der Waals surface area (Å²) in [6.07, 6.45) is -1.81. The molecule has 0 spiro atoms. The van der Waals surface area contributed by atoms with Gasteiger partial charge >= 0.3 is 6.18 Å². The van der Waals surface area contributed by atoms with Gasteiger partial charge in [-0.3, -0.25) is 0 Å². The van der Waals surface area contributed by atoms with Gasteiger partial charge in [0.05, 0.1) is 10.6 Å². The van der Waals surface area contributed by atoms with E-state index in [-0.39, 0.29) is 16.7 Å². The second-order valence-electron chi connectivity index (χ2n) is 4.55. The molecule has 0 saturated heterocycles. The van der Waals surface area contributed by atoms with Gasteiger partial charge in [-0.2, -0.15) is 18.2 Å². The SMILES string of the molecule is O=S(=O)(Nc1nc2ncccn2n1)c1cc(C(F)(F)F)ccc1Cl. The molecule has 24 heavy (non-hydrogen) atoms. The molecular weight excluding hydrogens is 371 g/mol. The molecule has 12 heteroatoms. The van der Waals surface area contributed by atoms with Gasteiger partial charge < -0.3 is 0 Å². The molecule has 126 valence electrons. The highest BCUT2D eigenvalue weighted by atomic mass is 35.5. The number of fused-ring (bicyclic) bond motifs is 1.